The van der Waals surface area contributed by atoms with Crippen molar-refractivity contribution in [3.8, 4) is 0 Å². The summed E-state index contributed by atoms with van der Waals surface area (Å²) >= 11 is 5.98. The number of carbonyl (C=O) groups excluding carboxylic acids is 3. The minimum absolute atomic E-state index is 0.234. The van der Waals surface area contributed by atoms with Crippen LogP contribution in [0.25, 0.3) is 0 Å². The number of rotatable bonds is 7. The fourth-order valence-electron chi connectivity index (χ4n) is 2.70. The number of benzene rings is 3. The largest absolute Gasteiger partial charge is 0.350 e. The van der Waals surface area contributed by atoms with Gasteiger partial charge in [0.25, 0.3) is 17.7 Å². The Morgan fingerprint density at radius 2 is 1.26 bits per heavy atom. The molecule has 0 aliphatic rings. The van der Waals surface area contributed by atoms with E-state index >= 15 is 0 Å². The second-order valence-corrected chi connectivity index (χ2v) is 6.94. The van der Waals surface area contributed by atoms with Crippen molar-refractivity contribution in [2.45, 2.75) is 0 Å². The molecular formula is C23H19ClFN3O3. The molecular weight excluding hydrogens is 421 g/mol. The van der Waals surface area contributed by atoms with E-state index in [1.807, 2.05) is 0 Å². The maximum absolute atomic E-state index is 12.9. The van der Waals surface area contributed by atoms with Crippen LogP contribution in [-0.4, -0.2) is 30.8 Å². The number of carbonyl (C=O) groups is 3. The molecule has 8 heteroatoms. The van der Waals surface area contributed by atoms with E-state index in [-0.39, 0.29) is 30.8 Å². The number of hydrogen-bond donors (Lipinski definition) is 3. The quantitative estimate of drug-likeness (QED) is 0.488. The second-order valence-electron chi connectivity index (χ2n) is 6.53. The van der Waals surface area contributed by atoms with E-state index in [1.165, 1.54) is 24.3 Å². The molecule has 3 rings (SSSR count). The summed E-state index contributed by atoms with van der Waals surface area (Å²) in [6.07, 6.45) is 0. The van der Waals surface area contributed by atoms with Crippen molar-refractivity contribution >= 4 is 35.0 Å². The predicted octanol–water partition coefficient (Wildman–Crippen LogP) is 3.89. The predicted molar refractivity (Wildman–Crippen MR) is 117 cm³/mol. The molecule has 0 aliphatic heterocycles. The summed E-state index contributed by atoms with van der Waals surface area (Å²) in [4.78, 5) is 36.4. The smallest absolute Gasteiger partial charge is 0.255 e. The number of halogens is 2. The Morgan fingerprint density at radius 1 is 0.710 bits per heavy atom. The molecule has 0 radical (unpaired) electrons. The number of amides is 3. The van der Waals surface area contributed by atoms with Gasteiger partial charge in [-0.3, -0.25) is 14.4 Å². The van der Waals surface area contributed by atoms with E-state index in [2.05, 4.69) is 16.0 Å². The molecule has 0 saturated heterocycles. The number of nitrogens with one attached hydrogen (secondary N) is 3. The van der Waals surface area contributed by atoms with Crippen molar-refractivity contribution in [3.05, 3.63) is 100 Å². The van der Waals surface area contributed by atoms with Gasteiger partial charge < -0.3 is 16.0 Å². The monoisotopic (exact) mass is 439 g/mol. The minimum Gasteiger partial charge on any atom is -0.350 e. The van der Waals surface area contributed by atoms with Crippen LogP contribution in [-0.2, 0) is 0 Å². The van der Waals surface area contributed by atoms with Crippen LogP contribution in [0.15, 0.2) is 72.8 Å². The van der Waals surface area contributed by atoms with Crippen LogP contribution >= 0.6 is 11.6 Å². The Hall–Kier alpha value is -3.71. The molecule has 0 fully saturated rings. The van der Waals surface area contributed by atoms with E-state index in [0.717, 1.165) is 0 Å². The molecule has 3 amide bonds. The molecule has 3 aromatic rings. The molecule has 0 bridgehead atoms. The van der Waals surface area contributed by atoms with Gasteiger partial charge in [-0.25, -0.2) is 4.39 Å². The highest BCUT2D eigenvalue weighted by molar-refractivity contribution is 6.33. The highest BCUT2D eigenvalue weighted by Crippen LogP contribution is 2.14. The number of anilines is 1. The third-order valence-electron chi connectivity index (χ3n) is 4.33. The Morgan fingerprint density at radius 3 is 1.90 bits per heavy atom. The van der Waals surface area contributed by atoms with Gasteiger partial charge in [0.1, 0.15) is 5.82 Å². The molecule has 0 heterocycles. The van der Waals surface area contributed by atoms with E-state index in [4.69, 9.17) is 11.6 Å². The lowest BCUT2D eigenvalue weighted by molar-refractivity contribution is 0.0927. The average molecular weight is 440 g/mol. The fraction of sp³-hybridized carbons (Fsp3) is 0.0870. The van der Waals surface area contributed by atoms with Crippen LogP contribution < -0.4 is 16.0 Å². The van der Waals surface area contributed by atoms with Crippen molar-refractivity contribution in [1.29, 1.82) is 0 Å². The van der Waals surface area contributed by atoms with Gasteiger partial charge in [0, 0.05) is 29.9 Å². The standard InChI is InChI=1S/C23H19ClFN3O3/c24-20-4-2-1-3-19(20)23(31)27-14-13-26-21(29)15-7-11-18(12-8-15)28-22(30)16-5-9-17(25)10-6-16/h1-12H,13-14H2,(H,26,29)(H,27,31)(H,28,30). The molecule has 0 aliphatic carbocycles. The summed E-state index contributed by atoms with van der Waals surface area (Å²) < 4.78 is 12.9. The van der Waals surface area contributed by atoms with Crippen LogP contribution in [0.1, 0.15) is 31.1 Å². The Labute approximate surface area is 183 Å². The summed E-state index contributed by atoms with van der Waals surface area (Å²) in [5, 5.41) is 8.42. The molecule has 0 atom stereocenters. The summed E-state index contributed by atoms with van der Waals surface area (Å²) in [6.45, 7) is 0.472. The Bertz CT molecular complexity index is 1090. The first-order valence-electron chi connectivity index (χ1n) is 9.42. The van der Waals surface area contributed by atoms with Crippen LogP contribution in [0.4, 0.5) is 10.1 Å². The van der Waals surface area contributed by atoms with Crippen LogP contribution in [0.3, 0.4) is 0 Å². The van der Waals surface area contributed by atoms with Crippen LogP contribution in [0.5, 0.6) is 0 Å². The van der Waals surface area contributed by atoms with Gasteiger partial charge in [0.05, 0.1) is 10.6 Å². The van der Waals surface area contributed by atoms with Crippen LogP contribution in [0, 0.1) is 5.82 Å². The second kappa shape index (κ2) is 10.4. The molecule has 0 saturated carbocycles. The lowest BCUT2D eigenvalue weighted by Crippen LogP contribution is -2.34. The zero-order valence-electron chi connectivity index (χ0n) is 16.3. The molecule has 3 N–H and O–H groups in total. The van der Waals surface area contributed by atoms with Crippen molar-refractivity contribution in [3.63, 3.8) is 0 Å². The topological polar surface area (TPSA) is 87.3 Å². The normalized spacial score (nSPS) is 10.3. The van der Waals surface area contributed by atoms with Crippen molar-refractivity contribution in [2.75, 3.05) is 18.4 Å². The van der Waals surface area contributed by atoms with Gasteiger partial charge in [0.2, 0.25) is 0 Å². The van der Waals surface area contributed by atoms with Gasteiger partial charge in [0.15, 0.2) is 0 Å². The molecule has 158 valence electrons. The Kier molecular flexibility index (Phi) is 7.35. The first kappa shape index (κ1) is 22.0. The van der Waals surface area contributed by atoms with E-state index in [1.54, 1.807) is 48.5 Å². The van der Waals surface area contributed by atoms with E-state index in [0.29, 0.717) is 27.4 Å². The van der Waals surface area contributed by atoms with Gasteiger partial charge in [-0.15, -0.1) is 0 Å². The highest BCUT2D eigenvalue weighted by atomic mass is 35.5. The SMILES string of the molecule is O=C(NCCNC(=O)c1ccccc1Cl)c1ccc(NC(=O)c2ccc(F)cc2)cc1. The van der Waals surface area contributed by atoms with Crippen LogP contribution in [0.2, 0.25) is 5.02 Å². The summed E-state index contributed by atoms with van der Waals surface area (Å²) in [5.41, 5.74) is 1.59. The molecule has 0 spiro atoms. The maximum atomic E-state index is 12.9. The van der Waals surface area contributed by atoms with Gasteiger partial charge in [-0.05, 0) is 60.7 Å². The third kappa shape index (κ3) is 6.13. The zero-order chi connectivity index (χ0) is 22.2. The molecule has 31 heavy (non-hydrogen) atoms. The van der Waals surface area contributed by atoms with Crippen molar-refractivity contribution in [2.24, 2.45) is 0 Å². The highest BCUT2D eigenvalue weighted by Gasteiger charge is 2.10. The first-order valence-corrected chi connectivity index (χ1v) is 9.80. The van der Waals surface area contributed by atoms with Gasteiger partial charge in [-0.1, -0.05) is 23.7 Å². The van der Waals surface area contributed by atoms with Gasteiger partial charge >= 0.3 is 0 Å². The van der Waals surface area contributed by atoms with Crippen molar-refractivity contribution in [1.82, 2.24) is 10.6 Å². The first-order chi connectivity index (χ1) is 14.9. The summed E-state index contributed by atoms with van der Waals surface area (Å²) in [7, 11) is 0. The third-order valence-corrected chi connectivity index (χ3v) is 4.66. The molecule has 0 aromatic heterocycles. The van der Waals surface area contributed by atoms with Gasteiger partial charge in [-0.2, -0.15) is 0 Å². The van der Waals surface area contributed by atoms with E-state index in [9.17, 15) is 18.8 Å². The summed E-state index contributed by atoms with van der Waals surface area (Å²) in [5.74, 6) is -1.44. The lowest BCUT2D eigenvalue weighted by atomic mass is 10.1. The van der Waals surface area contributed by atoms with E-state index < -0.39 is 5.82 Å². The average Bonchev–Trinajstić information content (AvgIpc) is 2.77. The lowest BCUT2D eigenvalue weighted by Gasteiger charge is -2.09. The molecule has 0 unspecified atom stereocenters. The maximum Gasteiger partial charge on any atom is 0.255 e. The summed E-state index contributed by atoms with van der Waals surface area (Å²) in [6, 6.07) is 18.2. The molecule has 6 nitrogen and oxygen atoms in total. The zero-order valence-corrected chi connectivity index (χ0v) is 17.1. The minimum atomic E-state index is -0.421. The number of hydrogen-bond acceptors (Lipinski definition) is 3. The van der Waals surface area contributed by atoms with Crippen molar-refractivity contribution < 1.29 is 18.8 Å². The Balaban J connectivity index is 1.45. The fourth-order valence-corrected chi connectivity index (χ4v) is 2.93. The molecule has 3 aromatic carbocycles.